The maximum atomic E-state index is 13.5. The summed E-state index contributed by atoms with van der Waals surface area (Å²) in [5, 5.41) is 26.6. The molecule has 0 aliphatic heterocycles. The van der Waals surface area contributed by atoms with Gasteiger partial charge in [-0.05, 0) is 66.6 Å². The number of ether oxygens (including phenoxy) is 3. The predicted molar refractivity (Wildman–Crippen MR) is 236 cm³/mol. The number of hydrogen-bond acceptors (Lipinski definition) is 16. The van der Waals surface area contributed by atoms with E-state index < -0.39 is 48.5 Å². The lowest BCUT2D eigenvalue weighted by Crippen LogP contribution is -2.46. The van der Waals surface area contributed by atoms with Crippen molar-refractivity contribution in [1.29, 1.82) is 10.5 Å². The molecule has 0 aliphatic carbocycles. The summed E-state index contributed by atoms with van der Waals surface area (Å²) in [4.78, 5) is 60.5. The Morgan fingerprint density at radius 1 is 0.810 bits per heavy atom. The number of nitriles is 2. The van der Waals surface area contributed by atoms with Gasteiger partial charge >= 0.3 is 11.9 Å². The Kier molecular flexibility index (Phi) is 19.2. The number of nitrogens with one attached hydrogen (secondary N) is 2. The van der Waals surface area contributed by atoms with E-state index in [1.54, 1.807) is 48.5 Å². The third kappa shape index (κ3) is 15.0. The summed E-state index contributed by atoms with van der Waals surface area (Å²) in [6, 6.07) is 15.7. The van der Waals surface area contributed by atoms with Gasteiger partial charge in [-0.2, -0.15) is 10.5 Å². The highest BCUT2D eigenvalue weighted by molar-refractivity contribution is 7.98. The Bertz CT molecular complexity index is 2270. The number of amides is 2. The number of benzene rings is 2. The number of rotatable bonds is 23. The number of thioether (sulfide) groups is 1. The van der Waals surface area contributed by atoms with Crippen LogP contribution in [0.5, 0.6) is 5.75 Å². The molecule has 0 fully saturated rings. The number of carbonyl (C=O) groups excluding carboxylic acids is 4. The fraction of sp³-hybridized carbons (Fsp3) is 0.409. The molecule has 334 valence electrons. The summed E-state index contributed by atoms with van der Waals surface area (Å²) in [7, 11) is 0. The van der Waals surface area contributed by atoms with Gasteiger partial charge in [-0.15, -0.1) is 0 Å². The number of oxazole rings is 1. The maximum absolute atomic E-state index is 13.5. The van der Waals surface area contributed by atoms with Crippen molar-refractivity contribution in [3.63, 3.8) is 0 Å². The van der Waals surface area contributed by atoms with Crippen LogP contribution in [-0.4, -0.2) is 78.2 Å². The predicted octanol–water partition coefficient (Wildman–Crippen LogP) is 5.27. The Labute approximate surface area is 375 Å². The lowest BCUT2D eigenvalue weighted by molar-refractivity contribution is -0.164. The van der Waals surface area contributed by atoms with Gasteiger partial charge in [0.25, 0.3) is 0 Å². The van der Waals surface area contributed by atoms with Crippen LogP contribution in [0.1, 0.15) is 70.2 Å². The van der Waals surface area contributed by atoms with Crippen LogP contribution >= 0.6 is 23.4 Å². The van der Waals surface area contributed by atoms with E-state index in [9.17, 15) is 29.7 Å². The van der Waals surface area contributed by atoms with Gasteiger partial charge in [-0.25, -0.2) is 19.6 Å². The first-order valence-electron chi connectivity index (χ1n) is 20.2. The van der Waals surface area contributed by atoms with Crippen molar-refractivity contribution in [2.24, 2.45) is 23.3 Å². The number of aromatic nitrogens is 2. The zero-order valence-electron chi connectivity index (χ0n) is 35.5. The summed E-state index contributed by atoms with van der Waals surface area (Å²) in [6.07, 6.45) is 0.900. The van der Waals surface area contributed by atoms with Crippen LogP contribution in [0, 0.1) is 34.5 Å². The van der Waals surface area contributed by atoms with Crippen LogP contribution in [0.3, 0.4) is 0 Å². The normalized spacial score (nSPS) is 12.4. The molecule has 2 aromatic carbocycles. The SMILES string of the molecule is CC(C)CC(NC(=O)CCN)C(=O)OC[C@H](COc1ccc(-c2c(C#N)c(N)nc(SCc3coc(-c4ccc(Cl)cc4)n3)c2C#N)cc1)OC(=O)C(CC(C)C)NC(=O)CCN. The van der Waals surface area contributed by atoms with Crippen LogP contribution in [0.25, 0.3) is 22.6 Å². The van der Waals surface area contributed by atoms with E-state index in [4.69, 9.17) is 47.4 Å². The number of esters is 2. The number of nitrogens with zero attached hydrogens (tertiary/aromatic N) is 4. The zero-order valence-corrected chi connectivity index (χ0v) is 37.1. The second-order valence-electron chi connectivity index (χ2n) is 15.2. The van der Waals surface area contributed by atoms with Gasteiger partial charge in [0.2, 0.25) is 17.7 Å². The van der Waals surface area contributed by atoms with Crippen molar-refractivity contribution < 1.29 is 37.8 Å². The second kappa shape index (κ2) is 24.5. The molecule has 2 heterocycles. The highest BCUT2D eigenvalue weighted by Gasteiger charge is 2.30. The van der Waals surface area contributed by atoms with E-state index in [0.717, 1.165) is 5.56 Å². The molecule has 0 saturated heterocycles. The molecule has 0 saturated carbocycles. The first-order chi connectivity index (χ1) is 30.1. The van der Waals surface area contributed by atoms with Crippen LogP contribution < -0.4 is 32.6 Å². The van der Waals surface area contributed by atoms with Crippen LogP contribution in [0.4, 0.5) is 5.82 Å². The van der Waals surface area contributed by atoms with Crippen LogP contribution in [0.2, 0.25) is 5.02 Å². The molecule has 8 N–H and O–H groups in total. The monoisotopic (exact) mass is 901 g/mol. The van der Waals surface area contributed by atoms with E-state index in [0.29, 0.717) is 27.9 Å². The van der Waals surface area contributed by atoms with Crippen molar-refractivity contribution in [1.82, 2.24) is 20.6 Å². The number of nitrogen functional groups attached to an aromatic ring is 1. The third-order valence-electron chi connectivity index (χ3n) is 9.08. The Hall–Kier alpha value is -6.18. The number of pyridine rings is 1. The second-order valence-corrected chi connectivity index (χ2v) is 16.6. The molecule has 0 aliphatic rings. The van der Waals surface area contributed by atoms with E-state index in [1.165, 1.54) is 18.0 Å². The standard InChI is InChI=1S/C44H52ClN9O8S/c1-25(2)17-35(52-37(55)13-15-46)43(57)61-23-32(62-44(58)36(18-26(3)4)53-38(56)14-16-47)22-59-31-11-7-27(8-12-31)39-33(19-48)40(50)54-42(34(39)20-49)63-24-30-21-60-41(51-30)28-5-9-29(45)10-6-28/h5-12,21,25-26,32,35-36H,13-18,22-24,46-47H2,1-4H3,(H2,50,54)(H,52,55)(H,53,56)/t32-,35?,36?/m0/s1. The minimum Gasteiger partial charge on any atom is -0.490 e. The number of carbonyl (C=O) groups is 4. The number of anilines is 1. The van der Waals surface area contributed by atoms with Crippen LogP contribution in [0.15, 0.2) is 64.2 Å². The summed E-state index contributed by atoms with van der Waals surface area (Å²) in [5.41, 5.74) is 19.5. The van der Waals surface area contributed by atoms with Crippen molar-refractivity contribution in [2.75, 3.05) is 32.0 Å². The minimum absolute atomic E-state index is 0.00245. The summed E-state index contributed by atoms with van der Waals surface area (Å²) in [5.74, 6) is -1.44. The molecular weight excluding hydrogens is 850 g/mol. The van der Waals surface area contributed by atoms with E-state index in [2.05, 4.69) is 32.7 Å². The smallest absolute Gasteiger partial charge is 0.329 e. The first kappa shape index (κ1) is 49.5. The summed E-state index contributed by atoms with van der Waals surface area (Å²) < 4.78 is 23.1. The molecule has 4 aromatic rings. The quantitative estimate of drug-likeness (QED) is 0.0468. The molecule has 0 spiro atoms. The molecule has 3 atom stereocenters. The molecule has 63 heavy (non-hydrogen) atoms. The molecule has 0 bridgehead atoms. The van der Waals surface area contributed by atoms with E-state index >= 15 is 0 Å². The highest BCUT2D eigenvalue weighted by atomic mass is 35.5. The molecule has 2 amide bonds. The molecule has 17 nitrogen and oxygen atoms in total. The van der Waals surface area contributed by atoms with Crippen molar-refractivity contribution in [2.45, 2.75) is 82.3 Å². The van der Waals surface area contributed by atoms with Gasteiger partial charge < -0.3 is 46.5 Å². The molecule has 2 aromatic heterocycles. The molecule has 19 heteroatoms. The fourth-order valence-corrected chi connectivity index (χ4v) is 7.14. The maximum Gasteiger partial charge on any atom is 0.329 e. The number of hydrogen-bond donors (Lipinski definition) is 5. The minimum atomic E-state index is -1.16. The van der Waals surface area contributed by atoms with Gasteiger partial charge in [0.15, 0.2) is 6.10 Å². The van der Waals surface area contributed by atoms with E-state index in [1.807, 2.05) is 27.7 Å². The van der Waals surface area contributed by atoms with Gasteiger partial charge in [0.05, 0.1) is 11.3 Å². The Morgan fingerprint density at radius 3 is 1.94 bits per heavy atom. The average molecular weight is 902 g/mol. The third-order valence-corrected chi connectivity index (χ3v) is 10.3. The van der Waals surface area contributed by atoms with Crippen molar-refractivity contribution in [3.8, 4) is 40.5 Å². The van der Waals surface area contributed by atoms with Gasteiger partial charge in [-0.1, -0.05) is 63.2 Å². The molecule has 2 unspecified atom stereocenters. The lowest BCUT2D eigenvalue weighted by atomic mass is 9.97. The van der Waals surface area contributed by atoms with Gasteiger partial charge in [0, 0.05) is 47.8 Å². The number of halogens is 1. The summed E-state index contributed by atoms with van der Waals surface area (Å²) >= 11 is 7.21. The Balaban J connectivity index is 1.55. The van der Waals surface area contributed by atoms with Crippen LogP contribution in [-0.2, 0) is 34.4 Å². The highest BCUT2D eigenvalue weighted by Crippen LogP contribution is 2.37. The summed E-state index contributed by atoms with van der Waals surface area (Å²) in [6.45, 7) is 6.97. The van der Waals surface area contributed by atoms with Crippen molar-refractivity contribution >= 4 is 52.9 Å². The largest absolute Gasteiger partial charge is 0.490 e. The van der Waals surface area contributed by atoms with E-state index in [-0.39, 0.29) is 90.5 Å². The van der Waals surface area contributed by atoms with Crippen molar-refractivity contribution in [3.05, 3.63) is 76.6 Å². The average Bonchev–Trinajstić information content (AvgIpc) is 3.72. The number of nitrogens with two attached hydrogens (primary N) is 3. The van der Waals surface area contributed by atoms with Gasteiger partial charge in [0.1, 0.15) is 65.9 Å². The molecule has 4 rings (SSSR count). The molecular formula is C44H52ClN9O8S. The Morgan fingerprint density at radius 2 is 1.38 bits per heavy atom. The fourth-order valence-electron chi connectivity index (χ4n) is 6.14. The topological polar surface area (TPSA) is 285 Å². The first-order valence-corrected chi connectivity index (χ1v) is 21.6. The lowest BCUT2D eigenvalue weighted by Gasteiger charge is -2.25. The van der Waals surface area contributed by atoms with Gasteiger partial charge in [-0.3, -0.25) is 9.59 Å². The zero-order chi connectivity index (χ0) is 46.1. The molecule has 0 radical (unpaired) electrons.